The number of phenolic OH excluding ortho intramolecular Hbond substituents is 1. The molecule has 6 nitrogen and oxygen atoms in total. The Balaban J connectivity index is 1.87. The van der Waals surface area contributed by atoms with E-state index in [1.807, 2.05) is 25.1 Å². The summed E-state index contributed by atoms with van der Waals surface area (Å²) in [5.41, 5.74) is 4.26. The average Bonchev–Trinajstić information content (AvgIpc) is 2.63. The molecule has 0 spiro atoms. The molecule has 2 aromatic rings. The molecule has 2 aromatic carbocycles. The lowest BCUT2D eigenvalue weighted by atomic mass is 10.2. The fraction of sp³-hybridized carbons (Fsp3) is 0.263. The van der Waals surface area contributed by atoms with Crippen molar-refractivity contribution in [1.82, 2.24) is 5.43 Å². The molecule has 26 heavy (non-hydrogen) atoms. The van der Waals surface area contributed by atoms with Crippen LogP contribution >= 0.6 is 15.9 Å². The molecule has 0 bridgehead atoms. The van der Waals surface area contributed by atoms with Gasteiger partial charge in [0.05, 0.1) is 17.3 Å². The molecule has 138 valence electrons. The van der Waals surface area contributed by atoms with Gasteiger partial charge in [-0.25, -0.2) is 5.43 Å². The van der Waals surface area contributed by atoms with Crippen molar-refractivity contribution in [2.75, 3.05) is 13.2 Å². The summed E-state index contributed by atoms with van der Waals surface area (Å²) >= 11 is 3.43. The number of carbonyl (C=O) groups excluding carboxylic acids is 1. The number of nitrogens with one attached hydrogen (secondary N) is 1. The fourth-order valence-corrected chi connectivity index (χ4v) is 2.66. The van der Waals surface area contributed by atoms with Gasteiger partial charge in [-0.15, -0.1) is 0 Å². The highest BCUT2D eigenvalue weighted by Crippen LogP contribution is 2.27. The zero-order chi connectivity index (χ0) is 18.9. The number of rotatable bonds is 8. The number of hydrogen-bond donors (Lipinski definition) is 2. The van der Waals surface area contributed by atoms with Gasteiger partial charge in [-0.05, 0) is 70.7 Å². The van der Waals surface area contributed by atoms with Crippen LogP contribution in [-0.4, -0.2) is 30.4 Å². The first-order valence-corrected chi connectivity index (χ1v) is 9.01. The quantitative estimate of drug-likeness (QED) is 0.504. The molecule has 0 radical (unpaired) electrons. The number of benzene rings is 2. The standard InChI is InChI=1S/C19H21BrN2O4/c1-3-13-6-8-17(15(20)9-13)26-12-19(24)22-21-11-14-5-7-16(23)18(10-14)25-4-2/h5-11,23H,3-4,12H2,1-2H3,(H,22,24). The molecule has 0 fully saturated rings. The number of carbonyl (C=O) groups is 1. The topological polar surface area (TPSA) is 80.2 Å². The third kappa shape index (κ3) is 5.77. The molecule has 0 aliphatic carbocycles. The van der Waals surface area contributed by atoms with Crippen molar-refractivity contribution in [3.8, 4) is 17.2 Å². The molecular weight excluding hydrogens is 400 g/mol. The number of hydrazone groups is 1. The molecule has 0 aromatic heterocycles. The van der Waals surface area contributed by atoms with E-state index < -0.39 is 0 Å². The Morgan fingerprint density at radius 3 is 2.69 bits per heavy atom. The van der Waals surface area contributed by atoms with Crippen molar-refractivity contribution in [3.05, 3.63) is 52.0 Å². The maximum atomic E-state index is 11.8. The number of nitrogens with zero attached hydrogens (tertiary/aromatic N) is 1. The van der Waals surface area contributed by atoms with Gasteiger partial charge < -0.3 is 14.6 Å². The van der Waals surface area contributed by atoms with Crippen LogP contribution in [-0.2, 0) is 11.2 Å². The number of ether oxygens (including phenoxy) is 2. The Kier molecular flexibility index (Phi) is 7.47. The highest BCUT2D eigenvalue weighted by Gasteiger charge is 2.06. The first kappa shape index (κ1) is 19.8. The minimum atomic E-state index is -0.378. The molecule has 0 aliphatic heterocycles. The summed E-state index contributed by atoms with van der Waals surface area (Å²) in [4.78, 5) is 11.8. The molecule has 0 saturated carbocycles. The second-order valence-corrected chi connectivity index (χ2v) is 6.21. The minimum absolute atomic E-state index is 0.0566. The van der Waals surface area contributed by atoms with E-state index in [2.05, 4.69) is 33.4 Å². The summed E-state index contributed by atoms with van der Waals surface area (Å²) in [6.45, 7) is 4.19. The van der Waals surface area contributed by atoms with E-state index in [1.165, 1.54) is 17.8 Å². The molecule has 0 saturated heterocycles. The molecule has 7 heteroatoms. The van der Waals surface area contributed by atoms with Crippen LogP contribution in [0.1, 0.15) is 25.0 Å². The fourth-order valence-electron chi connectivity index (χ4n) is 2.12. The van der Waals surface area contributed by atoms with Crippen molar-refractivity contribution < 1.29 is 19.4 Å². The van der Waals surface area contributed by atoms with Crippen LogP contribution in [0.5, 0.6) is 17.2 Å². The summed E-state index contributed by atoms with van der Waals surface area (Å²) in [5, 5.41) is 13.5. The van der Waals surface area contributed by atoms with E-state index in [0.29, 0.717) is 23.7 Å². The Morgan fingerprint density at radius 2 is 2.00 bits per heavy atom. The predicted molar refractivity (Wildman–Crippen MR) is 104 cm³/mol. The van der Waals surface area contributed by atoms with Gasteiger partial charge in [-0.1, -0.05) is 13.0 Å². The molecule has 0 aliphatic rings. The number of halogens is 1. The lowest BCUT2D eigenvalue weighted by molar-refractivity contribution is -0.123. The van der Waals surface area contributed by atoms with Gasteiger partial charge in [0.25, 0.3) is 5.91 Å². The molecule has 2 N–H and O–H groups in total. The molecule has 0 unspecified atom stereocenters. The SMILES string of the molecule is CCOc1cc(C=NNC(=O)COc2ccc(CC)cc2Br)ccc1O. The molecule has 2 rings (SSSR count). The van der Waals surface area contributed by atoms with Gasteiger partial charge in [0, 0.05) is 0 Å². The largest absolute Gasteiger partial charge is 0.504 e. The Labute approximate surface area is 161 Å². The third-order valence-corrected chi connectivity index (χ3v) is 4.07. The normalized spacial score (nSPS) is 10.7. The lowest BCUT2D eigenvalue weighted by Crippen LogP contribution is -2.24. The maximum Gasteiger partial charge on any atom is 0.277 e. The summed E-state index contributed by atoms with van der Waals surface area (Å²) < 4.78 is 11.6. The zero-order valence-corrected chi connectivity index (χ0v) is 16.2. The monoisotopic (exact) mass is 420 g/mol. The highest BCUT2D eigenvalue weighted by molar-refractivity contribution is 9.10. The second-order valence-electron chi connectivity index (χ2n) is 5.36. The first-order chi connectivity index (χ1) is 12.5. The van der Waals surface area contributed by atoms with E-state index in [0.717, 1.165) is 10.9 Å². The zero-order valence-electron chi connectivity index (χ0n) is 14.7. The van der Waals surface area contributed by atoms with Gasteiger partial charge in [0.2, 0.25) is 0 Å². The van der Waals surface area contributed by atoms with E-state index in [1.54, 1.807) is 12.1 Å². The number of aryl methyl sites for hydroxylation is 1. The Bertz CT molecular complexity index is 793. The van der Waals surface area contributed by atoms with Crippen molar-refractivity contribution in [3.63, 3.8) is 0 Å². The van der Waals surface area contributed by atoms with Crippen molar-refractivity contribution in [2.24, 2.45) is 5.10 Å². The van der Waals surface area contributed by atoms with E-state index in [4.69, 9.17) is 9.47 Å². The van der Waals surface area contributed by atoms with Crippen LogP contribution in [0.3, 0.4) is 0 Å². The Hall–Kier alpha value is -2.54. The Morgan fingerprint density at radius 1 is 1.19 bits per heavy atom. The van der Waals surface area contributed by atoms with Gasteiger partial charge in [0.15, 0.2) is 18.1 Å². The summed E-state index contributed by atoms with van der Waals surface area (Å²) in [7, 11) is 0. The molecule has 0 heterocycles. The lowest BCUT2D eigenvalue weighted by Gasteiger charge is -2.08. The second kappa shape index (κ2) is 9.82. The van der Waals surface area contributed by atoms with Crippen LogP contribution in [0.25, 0.3) is 0 Å². The van der Waals surface area contributed by atoms with Crippen LogP contribution in [0.2, 0.25) is 0 Å². The van der Waals surface area contributed by atoms with Crippen LogP contribution in [0.15, 0.2) is 46.0 Å². The van der Waals surface area contributed by atoms with Crippen LogP contribution < -0.4 is 14.9 Å². The van der Waals surface area contributed by atoms with Crippen molar-refractivity contribution >= 4 is 28.1 Å². The van der Waals surface area contributed by atoms with Gasteiger partial charge in [0.1, 0.15) is 5.75 Å². The number of hydrogen-bond acceptors (Lipinski definition) is 5. The molecule has 1 amide bonds. The maximum absolute atomic E-state index is 11.8. The molecule has 0 atom stereocenters. The van der Waals surface area contributed by atoms with Crippen LogP contribution in [0.4, 0.5) is 0 Å². The third-order valence-electron chi connectivity index (χ3n) is 3.45. The van der Waals surface area contributed by atoms with Crippen molar-refractivity contribution in [2.45, 2.75) is 20.3 Å². The van der Waals surface area contributed by atoms with Gasteiger partial charge in [-0.3, -0.25) is 4.79 Å². The number of amides is 1. The minimum Gasteiger partial charge on any atom is -0.504 e. The van der Waals surface area contributed by atoms with Gasteiger partial charge >= 0.3 is 0 Å². The molecular formula is C19H21BrN2O4. The average molecular weight is 421 g/mol. The van der Waals surface area contributed by atoms with Crippen molar-refractivity contribution in [1.29, 1.82) is 0 Å². The smallest absolute Gasteiger partial charge is 0.277 e. The van der Waals surface area contributed by atoms with E-state index in [-0.39, 0.29) is 18.3 Å². The predicted octanol–water partition coefficient (Wildman–Crippen LogP) is 3.64. The summed E-state index contributed by atoms with van der Waals surface area (Å²) in [6.07, 6.45) is 2.39. The highest BCUT2D eigenvalue weighted by atomic mass is 79.9. The van der Waals surface area contributed by atoms with E-state index >= 15 is 0 Å². The summed E-state index contributed by atoms with van der Waals surface area (Å²) in [5.74, 6) is 0.644. The summed E-state index contributed by atoms with van der Waals surface area (Å²) in [6, 6.07) is 10.6. The van der Waals surface area contributed by atoms with E-state index in [9.17, 15) is 9.90 Å². The number of phenols is 1. The first-order valence-electron chi connectivity index (χ1n) is 8.22. The van der Waals surface area contributed by atoms with Gasteiger partial charge in [-0.2, -0.15) is 5.10 Å². The number of aromatic hydroxyl groups is 1. The van der Waals surface area contributed by atoms with Crippen LogP contribution in [0, 0.1) is 0 Å².